The highest BCUT2D eigenvalue weighted by atomic mass is 16.3. The molecule has 3 nitrogen and oxygen atoms in total. The third-order valence-electron chi connectivity index (χ3n) is 3.80. The molecule has 1 aliphatic carbocycles. The lowest BCUT2D eigenvalue weighted by atomic mass is 9.77. The minimum atomic E-state index is 0.0122. The highest BCUT2D eigenvalue weighted by Crippen LogP contribution is 2.44. The van der Waals surface area contributed by atoms with Crippen LogP contribution in [-0.4, -0.2) is 23.3 Å². The van der Waals surface area contributed by atoms with Crippen molar-refractivity contribution in [1.29, 1.82) is 0 Å². The molecule has 2 aliphatic rings. The summed E-state index contributed by atoms with van der Waals surface area (Å²) in [6.45, 7) is 2.09. The summed E-state index contributed by atoms with van der Waals surface area (Å²) >= 11 is 0. The highest BCUT2D eigenvalue weighted by Gasteiger charge is 2.34. The Labute approximate surface area is 88.7 Å². The van der Waals surface area contributed by atoms with Gasteiger partial charge in [-0.25, -0.2) is 0 Å². The summed E-state index contributed by atoms with van der Waals surface area (Å²) in [7, 11) is 0. The van der Waals surface area contributed by atoms with Crippen LogP contribution in [-0.2, 0) is 6.42 Å². The molecule has 1 aliphatic heterocycles. The normalized spacial score (nSPS) is 28.5. The molecule has 1 aromatic rings. The van der Waals surface area contributed by atoms with Crippen LogP contribution in [0.2, 0.25) is 0 Å². The van der Waals surface area contributed by atoms with Gasteiger partial charge in [-0.15, -0.1) is 0 Å². The van der Waals surface area contributed by atoms with Gasteiger partial charge in [0.15, 0.2) is 11.5 Å². The number of rotatable bonds is 0. The molecule has 1 fully saturated rings. The van der Waals surface area contributed by atoms with E-state index in [0.717, 1.165) is 31.5 Å². The molecule has 0 aromatic heterocycles. The average Bonchev–Trinajstić information content (AvgIpc) is 2.71. The molecule has 3 N–H and O–H groups in total. The number of hydrogen-bond donors (Lipinski definition) is 3. The Bertz CT molecular complexity index is 403. The van der Waals surface area contributed by atoms with Gasteiger partial charge in [0.25, 0.3) is 0 Å². The Balaban J connectivity index is 2.11. The maximum absolute atomic E-state index is 9.79. The summed E-state index contributed by atoms with van der Waals surface area (Å²) in [4.78, 5) is 0. The van der Waals surface area contributed by atoms with Crippen LogP contribution in [0.25, 0.3) is 0 Å². The molecule has 2 atom stereocenters. The number of hydrogen-bond acceptors (Lipinski definition) is 3. The van der Waals surface area contributed by atoms with Gasteiger partial charge in [0, 0.05) is 18.0 Å². The number of aromatic hydroxyl groups is 2. The molecule has 1 saturated heterocycles. The molecular weight excluding hydrogens is 190 g/mol. The first-order valence-corrected chi connectivity index (χ1v) is 5.52. The molecule has 2 unspecified atom stereocenters. The SMILES string of the molecule is Oc1ccc2c(c1O)CCC1CNCC21. The number of phenolic OH excluding ortho intramolecular Hbond substituents is 2. The fraction of sp³-hybridized carbons (Fsp3) is 0.500. The molecule has 1 heterocycles. The molecule has 1 aromatic carbocycles. The van der Waals surface area contributed by atoms with Crippen LogP contribution in [0.3, 0.4) is 0 Å². The van der Waals surface area contributed by atoms with Crippen LogP contribution < -0.4 is 5.32 Å². The topological polar surface area (TPSA) is 52.5 Å². The van der Waals surface area contributed by atoms with Crippen LogP contribution in [0.5, 0.6) is 11.5 Å². The van der Waals surface area contributed by atoms with Crippen LogP contribution in [0.1, 0.15) is 23.5 Å². The lowest BCUT2D eigenvalue weighted by Crippen LogP contribution is -2.18. The zero-order valence-corrected chi connectivity index (χ0v) is 8.53. The van der Waals surface area contributed by atoms with Gasteiger partial charge >= 0.3 is 0 Å². The zero-order valence-electron chi connectivity index (χ0n) is 8.53. The predicted molar refractivity (Wildman–Crippen MR) is 57.2 cm³/mol. The van der Waals surface area contributed by atoms with Crippen molar-refractivity contribution in [2.24, 2.45) is 5.92 Å². The van der Waals surface area contributed by atoms with Crippen molar-refractivity contribution < 1.29 is 10.2 Å². The fourth-order valence-corrected chi connectivity index (χ4v) is 2.98. The number of fused-ring (bicyclic) bond motifs is 3. The second-order valence-electron chi connectivity index (χ2n) is 4.56. The summed E-state index contributed by atoms with van der Waals surface area (Å²) in [6, 6.07) is 3.57. The van der Waals surface area contributed by atoms with Gasteiger partial charge in [-0.05, 0) is 36.9 Å². The van der Waals surface area contributed by atoms with E-state index in [1.807, 2.05) is 6.07 Å². The predicted octanol–water partition coefficient (Wildman–Crippen LogP) is 1.35. The van der Waals surface area contributed by atoms with E-state index in [0.29, 0.717) is 11.8 Å². The smallest absolute Gasteiger partial charge is 0.160 e. The molecule has 80 valence electrons. The van der Waals surface area contributed by atoms with E-state index in [2.05, 4.69) is 5.32 Å². The molecule has 3 heteroatoms. The molecular formula is C12H15NO2. The summed E-state index contributed by atoms with van der Waals surface area (Å²) < 4.78 is 0. The second-order valence-corrected chi connectivity index (χ2v) is 4.56. The van der Waals surface area contributed by atoms with Crippen LogP contribution >= 0.6 is 0 Å². The van der Waals surface area contributed by atoms with Gasteiger partial charge in [-0.1, -0.05) is 6.07 Å². The molecule has 0 bridgehead atoms. The van der Waals surface area contributed by atoms with Gasteiger partial charge in [-0.3, -0.25) is 0 Å². The summed E-state index contributed by atoms with van der Waals surface area (Å²) in [5.74, 6) is 1.35. The van der Waals surface area contributed by atoms with Crippen molar-refractivity contribution in [2.45, 2.75) is 18.8 Å². The maximum Gasteiger partial charge on any atom is 0.160 e. The monoisotopic (exact) mass is 205 g/mol. The Morgan fingerprint density at radius 2 is 2.07 bits per heavy atom. The summed E-state index contributed by atoms with van der Waals surface area (Å²) in [5, 5.41) is 22.6. The molecule has 0 saturated carbocycles. The van der Waals surface area contributed by atoms with Gasteiger partial charge in [0.2, 0.25) is 0 Å². The van der Waals surface area contributed by atoms with Gasteiger partial charge in [0.1, 0.15) is 0 Å². The van der Waals surface area contributed by atoms with E-state index < -0.39 is 0 Å². The van der Waals surface area contributed by atoms with Crippen molar-refractivity contribution in [1.82, 2.24) is 5.32 Å². The van der Waals surface area contributed by atoms with Crippen LogP contribution in [0, 0.1) is 5.92 Å². The second kappa shape index (κ2) is 3.14. The maximum atomic E-state index is 9.79. The van der Waals surface area contributed by atoms with Crippen LogP contribution in [0.15, 0.2) is 12.1 Å². The van der Waals surface area contributed by atoms with Crippen molar-refractivity contribution in [3.63, 3.8) is 0 Å². The molecule has 0 radical (unpaired) electrons. The third-order valence-corrected chi connectivity index (χ3v) is 3.80. The summed E-state index contributed by atoms with van der Waals surface area (Å²) in [5.41, 5.74) is 2.19. The van der Waals surface area contributed by atoms with E-state index in [1.54, 1.807) is 6.07 Å². The first-order valence-electron chi connectivity index (χ1n) is 5.52. The Morgan fingerprint density at radius 1 is 1.20 bits per heavy atom. The zero-order chi connectivity index (χ0) is 10.4. The van der Waals surface area contributed by atoms with E-state index in [1.165, 1.54) is 5.56 Å². The minimum absolute atomic E-state index is 0.0122. The van der Waals surface area contributed by atoms with Crippen molar-refractivity contribution in [3.8, 4) is 11.5 Å². The number of nitrogens with one attached hydrogen (secondary N) is 1. The average molecular weight is 205 g/mol. The lowest BCUT2D eigenvalue weighted by molar-refractivity contribution is 0.384. The molecule has 3 rings (SSSR count). The van der Waals surface area contributed by atoms with E-state index in [4.69, 9.17) is 0 Å². The van der Waals surface area contributed by atoms with E-state index >= 15 is 0 Å². The number of benzene rings is 1. The van der Waals surface area contributed by atoms with E-state index in [9.17, 15) is 10.2 Å². The molecule has 15 heavy (non-hydrogen) atoms. The Kier molecular flexibility index (Phi) is 1.89. The van der Waals surface area contributed by atoms with Crippen molar-refractivity contribution in [3.05, 3.63) is 23.3 Å². The van der Waals surface area contributed by atoms with Crippen molar-refractivity contribution in [2.75, 3.05) is 13.1 Å². The van der Waals surface area contributed by atoms with Crippen molar-refractivity contribution >= 4 is 0 Å². The standard InChI is InChI=1S/C12H15NO2/c14-11-4-3-8-9(12(11)15)2-1-7-5-13-6-10(7)8/h3-4,7,10,13-15H,1-2,5-6H2. The lowest BCUT2D eigenvalue weighted by Gasteiger charge is -2.28. The third kappa shape index (κ3) is 1.23. The highest BCUT2D eigenvalue weighted by molar-refractivity contribution is 5.51. The van der Waals surface area contributed by atoms with Gasteiger partial charge in [-0.2, -0.15) is 0 Å². The van der Waals surface area contributed by atoms with Gasteiger partial charge < -0.3 is 15.5 Å². The van der Waals surface area contributed by atoms with Crippen LogP contribution in [0.4, 0.5) is 0 Å². The molecule has 0 amide bonds. The minimum Gasteiger partial charge on any atom is -0.504 e. The molecule has 0 spiro atoms. The van der Waals surface area contributed by atoms with E-state index in [-0.39, 0.29) is 11.5 Å². The first-order chi connectivity index (χ1) is 7.27. The fourth-order valence-electron chi connectivity index (χ4n) is 2.98. The number of phenols is 2. The Morgan fingerprint density at radius 3 is 2.93 bits per heavy atom. The summed E-state index contributed by atoms with van der Waals surface area (Å²) in [6.07, 6.45) is 2.00. The quantitative estimate of drug-likeness (QED) is 0.560. The van der Waals surface area contributed by atoms with Gasteiger partial charge in [0.05, 0.1) is 0 Å². The Hall–Kier alpha value is -1.22. The first kappa shape index (κ1) is 9.04. The largest absolute Gasteiger partial charge is 0.504 e.